The van der Waals surface area contributed by atoms with Crippen molar-refractivity contribution >= 4 is 17.7 Å². The van der Waals surface area contributed by atoms with Gasteiger partial charge in [0.25, 0.3) is 0 Å². The standard InChI is InChI=1S/C21H30N4OS/c1-17-7-8-18(2)19(15-17)25-14-10-23-21(25)27-16-20(26)22-9-6-13-24-11-4-3-5-12-24/h7-8,10,14-15H,3-6,9,11-13,16H2,1-2H3,(H,22,26). The largest absolute Gasteiger partial charge is 0.355 e. The number of thioether (sulfide) groups is 1. The summed E-state index contributed by atoms with van der Waals surface area (Å²) in [6.45, 7) is 8.45. The number of imidazole rings is 1. The summed E-state index contributed by atoms with van der Waals surface area (Å²) in [5, 5.41) is 3.89. The normalized spacial score (nSPS) is 15.0. The third-order valence-corrected chi connectivity index (χ3v) is 5.95. The maximum absolute atomic E-state index is 12.2. The molecule has 0 unspecified atom stereocenters. The van der Waals surface area contributed by atoms with E-state index in [-0.39, 0.29) is 5.91 Å². The molecule has 0 bridgehead atoms. The molecule has 1 N–H and O–H groups in total. The Bertz CT molecular complexity index is 752. The van der Waals surface area contributed by atoms with Gasteiger partial charge in [0.05, 0.1) is 11.4 Å². The Morgan fingerprint density at radius 3 is 2.85 bits per heavy atom. The Morgan fingerprint density at radius 1 is 1.22 bits per heavy atom. The van der Waals surface area contributed by atoms with E-state index < -0.39 is 0 Å². The van der Waals surface area contributed by atoms with Crippen LogP contribution in [0, 0.1) is 13.8 Å². The lowest BCUT2D eigenvalue weighted by Gasteiger charge is -2.26. The number of likely N-dealkylation sites (tertiary alicyclic amines) is 1. The summed E-state index contributed by atoms with van der Waals surface area (Å²) < 4.78 is 2.07. The zero-order valence-electron chi connectivity index (χ0n) is 16.4. The molecule has 146 valence electrons. The van der Waals surface area contributed by atoms with Crippen molar-refractivity contribution in [1.29, 1.82) is 0 Å². The number of rotatable bonds is 8. The second-order valence-corrected chi connectivity index (χ2v) is 8.21. The summed E-state index contributed by atoms with van der Waals surface area (Å²) >= 11 is 1.49. The first kappa shape index (κ1) is 20.0. The molecule has 1 aromatic carbocycles. The molecule has 2 aromatic rings. The number of nitrogens with zero attached hydrogens (tertiary/aromatic N) is 3. The molecule has 5 nitrogen and oxygen atoms in total. The van der Waals surface area contributed by atoms with Crippen LogP contribution in [0.4, 0.5) is 0 Å². The summed E-state index contributed by atoms with van der Waals surface area (Å²) in [5.41, 5.74) is 3.53. The maximum Gasteiger partial charge on any atom is 0.230 e. The molecule has 0 atom stereocenters. The van der Waals surface area contributed by atoms with Gasteiger partial charge in [0.2, 0.25) is 5.91 Å². The number of amides is 1. The van der Waals surface area contributed by atoms with Gasteiger partial charge in [0.15, 0.2) is 5.16 Å². The third kappa shape index (κ3) is 5.84. The second kappa shape index (κ2) is 9.95. The predicted molar refractivity (Wildman–Crippen MR) is 112 cm³/mol. The van der Waals surface area contributed by atoms with Crippen molar-refractivity contribution in [2.45, 2.75) is 44.7 Å². The average molecular weight is 387 g/mol. The van der Waals surface area contributed by atoms with Gasteiger partial charge in [-0.1, -0.05) is 30.3 Å². The van der Waals surface area contributed by atoms with E-state index in [0.29, 0.717) is 5.75 Å². The van der Waals surface area contributed by atoms with Crippen molar-refractivity contribution in [3.05, 3.63) is 41.7 Å². The van der Waals surface area contributed by atoms with Crippen LogP contribution in [0.3, 0.4) is 0 Å². The Morgan fingerprint density at radius 2 is 2.04 bits per heavy atom. The third-order valence-electron chi connectivity index (χ3n) is 4.99. The summed E-state index contributed by atoms with van der Waals surface area (Å²) in [6.07, 6.45) is 8.77. The number of carbonyl (C=O) groups excluding carboxylic acids is 1. The van der Waals surface area contributed by atoms with Crippen molar-refractivity contribution in [2.24, 2.45) is 0 Å². The van der Waals surface area contributed by atoms with E-state index in [4.69, 9.17) is 0 Å². The molecule has 0 radical (unpaired) electrons. The molecule has 3 rings (SSSR count). The lowest BCUT2D eigenvalue weighted by Crippen LogP contribution is -2.33. The van der Waals surface area contributed by atoms with Crippen molar-refractivity contribution in [2.75, 3.05) is 31.9 Å². The molecule has 0 aliphatic carbocycles. The van der Waals surface area contributed by atoms with Gasteiger partial charge in [-0.05, 0) is 69.9 Å². The first-order valence-corrected chi connectivity index (χ1v) is 10.8. The number of benzene rings is 1. The second-order valence-electron chi connectivity index (χ2n) is 7.26. The van der Waals surface area contributed by atoms with E-state index in [1.807, 2.05) is 6.20 Å². The molecule has 0 spiro atoms. The monoisotopic (exact) mass is 386 g/mol. The summed E-state index contributed by atoms with van der Waals surface area (Å²) in [4.78, 5) is 19.1. The number of aromatic nitrogens is 2. The minimum atomic E-state index is 0.0779. The molecular weight excluding hydrogens is 356 g/mol. The Labute approximate surface area is 166 Å². The quantitative estimate of drug-likeness (QED) is 0.557. The topological polar surface area (TPSA) is 50.2 Å². The van der Waals surface area contributed by atoms with Gasteiger partial charge in [-0.15, -0.1) is 0 Å². The molecule has 1 saturated heterocycles. The van der Waals surface area contributed by atoms with E-state index in [1.54, 1.807) is 6.20 Å². The van der Waals surface area contributed by atoms with Crippen LogP contribution in [-0.4, -0.2) is 52.3 Å². The molecule has 1 fully saturated rings. The minimum Gasteiger partial charge on any atom is -0.355 e. The van der Waals surface area contributed by atoms with Gasteiger partial charge in [-0.25, -0.2) is 4.98 Å². The van der Waals surface area contributed by atoms with Crippen LogP contribution >= 0.6 is 11.8 Å². The van der Waals surface area contributed by atoms with Crippen LogP contribution in [-0.2, 0) is 4.79 Å². The van der Waals surface area contributed by atoms with Gasteiger partial charge in [0, 0.05) is 18.9 Å². The van der Waals surface area contributed by atoms with E-state index in [9.17, 15) is 4.79 Å². The van der Waals surface area contributed by atoms with Crippen LogP contribution in [0.15, 0.2) is 35.7 Å². The number of piperidine rings is 1. The zero-order chi connectivity index (χ0) is 19.1. The molecule has 1 aliphatic heterocycles. The molecule has 27 heavy (non-hydrogen) atoms. The van der Waals surface area contributed by atoms with Crippen molar-refractivity contribution in [3.8, 4) is 5.69 Å². The SMILES string of the molecule is Cc1ccc(C)c(-n2ccnc2SCC(=O)NCCCN2CCCCC2)c1. The van der Waals surface area contributed by atoms with Crippen LogP contribution < -0.4 is 5.32 Å². The van der Waals surface area contributed by atoms with Crippen molar-refractivity contribution < 1.29 is 4.79 Å². The lowest BCUT2D eigenvalue weighted by atomic mass is 10.1. The van der Waals surface area contributed by atoms with Crippen molar-refractivity contribution in [1.82, 2.24) is 19.8 Å². The molecule has 1 aliphatic rings. The molecule has 1 aromatic heterocycles. The number of carbonyl (C=O) groups is 1. The zero-order valence-corrected chi connectivity index (χ0v) is 17.2. The average Bonchev–Trinajstić information content (AvgIpc) is 3.15. The van der Waals surface area contributed by atoms with Crippen molar-refractivity contribution in [3.63, 3.8) is 0 Å². The molecule has 0 saturated carbocycles. The van der Waals surface area contributed by atoms with Gasteiger partial charge in [0.1, 0.15) is 0 Å². The van der Waals surface area contributed by atoms with Gasteiger partial charge in [-0.3, -0.25) is 9.36 Å². The van der Waals surface area contributed by atoms with E-state index in [0.717, 1.165) is 30.4 Å². The summed E-state index contributed by atoms with van der Waals surface area (Å²) in [7, 11) is 0. The first-order valence-electron chi connectivity index (χ1n) is 9.86. The summed E-state index contributed by atoms with van der Waals surface area (Å²) in [6, 6.07) is 6.38. The van der Waals surface area contributed by atoms with Gasteiger partial charge >= 0.3 is 0 Å². The lowest BCUT2D eigenvalue weighted by molar-refractivity contribution is -0.118. The highest BCUT2D eigenvalue weighted by Crippen LogP contribution is 2.23. The smallest absolute Gasteiger partial charge is 0.230 e. The summed E-state index contributed by atoms with van der Waals surface area (Å²) in [5.74, 6) is 0.472. The van der Waals surface area contributed by atoms with Crippen LogP contribution in [0.25, 0.3) is 5.69 Å². The number of hydrogen-bond acceptors (Lipinski definition) is 4. The van der Waals surface area contributed by atoms with Crippen LogP contribution in [0.5, 0.6) is 0 Å². The fourth-order valence-electron chi connectivity index (χ4n) is 3.45. The molecule has 1 amide bonds. The van der Waals surface area contributed by atoms with Gasteiger partial charge in [-0.2, -0.15) is 0 Å². The van der Waals surface area contributed by atoms with E-state index in [1.165, 1.54) is 55.2 Å². The van der Waals surface area contributed by atoms with E-state index >= 15 is 0 Å². The Hall–Kier alpha value is -1.79. The number of aryl methyl sites for hydroxylation is 2. The highest BCUT2D eigenvalue weighted by Gasteiger charge is 2.12. The van der Waals surface area contributed by atoms with E-state index in [2.05, 4.69) is 51.8 Å². The maximum atomic E-state index is 12.2. The number of hydrogen-bond donors (Lipinski definition) is 1. The van der Waals surface area contributed by atoms with Crippen LogP contribution in [0.1, 0.15) is 36.8 Å². The fourth-order valence-corrected chi connectivity index (χ4v) is 4.25. The fraction of sp³-hybridized carbons (Fsp3) is 0.524. The minimum absolute atomic E-state index is 0.0779. The highest BCUT2D eigenvalue weighted by molar-refractivity contribution is 7.99. The first-order chi connectivity index (χ1) is 13.1. The number of nitrogens with one attached hydrogen (secondary N) is 1. The Kier molecular flexibility index (Phi) is 7.35. The predicted octanol–water partition coefficient (Wildman–Crippen LogP) is 3.57. The Balaban J connectivity index is 1.44. The molecular formula is C21H30N4OS. The highest BCUT2D eigenvalue weighted by atomic mass is 32.2. The van der Waals surface area contributed by atoms with Gasteiger partial charge < -0.3 is 10.2 Å². The molecule has 2 heterocycles. The molecule has 6 heteroatoms. The van der Waals surface area contributed by atoms with Crippen LogP contribution in [0.2, 0.25) is 0 Å².